The molecule has 3 aromatic rings. The fourth-order valence-electron chi connectivity index (χ4n) is 2.77. The molecule has 0 saturated heterocycles. The molecule has 30 heavy (non-hydrogen) atoms. The Kier molecular flexibility index (Phi) is 7.87. The lowest BCUT2D eigenvalue weighted by Crippen LogP contribution is -2.09. The van der Waals surface area contributed by atoms with Crippen molar-refractivity contribution in [2.24, 2.45) is 0 Å². The molecule has 0 spiro atoms. The van der Waals surface area contributed by atoms with E-state index in [0.717, 1.165) is 29.4 Å². The molecule has 3 rings (SSSR count). The average molecular weight is 499 g/mol. The second kappa shape index (κ2) is 10.6. The fourth-order valence-corrected chi connectivity index (χ4v) is 3.60. The average Bonchev–Trinajstić information content (AvgIpc) is 3.18. The number of halogens is 3. The second-order valence-electron chi connectivity index (χ2n) is 6.57. The first-order valence-corrected chi connectivity index (χ1v) is 10.6. The number of hydrogen-bond acceptors (Lipinski definition) is 6. The third kappa shape index (κ3) is 5.60. The minimum atomic E-state index is -0.389. The zero-order valence-electron chi connectivity index (χ0n) is 16.7. The first kappa shape index (κ1) is 22.3. The van der Waals surface area contributed by atoms with E-state index in [1.165, 1.54) is 12.1 Å². The summed E-state index contributed by atoms with van der Waals surface area (Å²) < 4.78 is 27.1. The van der Waals surface area contributed by atoms with Gasteiger partial charge in [0, 0.05) is 18.7 Å². The summed E-state index contributed by atoms with van der Waals surface area (Å²) in [6, 6.07) is 8.01. The molecule has 0 aliphatic rings. The lowest BCUT2D eigenvalue weighted by atomic mass is 10.2. The van der Waals surface area contributed by atoms with Crippen molar-refractivity contribution in [3.05, 3.63) is 56.8 Å². The number of nitrogens with zero attached hydrogens (tertiary/aromatic N) is 4. The monoisotopic (exact) mass is 497 g/mol. The first-order chi connectivity index (χ1) is 14.5. The van der Waals surface area contributed by atoms with Crippen molar-refractivity contribution in [3.63, 3.8) is 0 Å². The van der Waals surface area contributed by atoms with E-state index >= 15 is 0 Å². The van der Waals surface area contributed by atoms with Crippen LogP contribution in [-0.2, 0) is 19.7 Å². The van der Waals surface area contributed by atoms with Gasteiger partial charge in [0.15, 0.2) is 11.5 Å². The van der Waals surface area contributed by atoms with E-state index in [9.17, 15) is 4.39 Å². The number of aromatic nitrogens is 4. The lowest BCUT2D eigenvalue weighted by Gasteiger charge is -2.15. The SMILES string of the molecule is CCCCn1nnnc1NCc1cc(Br)c(OCc2ccc(F)cc2Cl)c(OC)c1. The minimum absolute atomic E-state index is 0.178. The van der Waals surface area contributed by atoms with Crippen LogP contribution in [0.5, 0.6) is 11.5 Å². The molecular formula is C20H22BrClFN5O2. The van der Waals surface area contributed by atoms with E-state index in [0.29, 0.717) is 34.6 Å². The Morgan fingerprint density at radius 1 is 1.27 bits per heavy atom. The Hall–Kier alpha value is -2.39. The third-order valence-electron chi connectivity index (χ3n) is 4.38. The molecule has 1 N–H and O–H groups in total. The number of ether oxygens (including phenoxy) is 2. The number of nitrogens with one attached hydrogen (secondary N) is 1. The van der Waals surface area contributed by atoms with Gasteiger partial charge in [0.25, 0.3) is 0 Å². The summed E-state index contributed by atoms with van der Waals surface area (Å²) in [6.07, 6.45) is 2.07. The van der Waals surface area contributed by atoms with Gasteiger partial charge in [0.1, 0.15) is 12.4 Å². The highest BCUT2D eigenvalue weighted by atomic mass is 79.9. The minimum Gasteiger partial charge on any atom is -0.493 e. The predicted molar refractivity (Wildman–Crippen MR) is 116 cm³/mol. The van der Waals surface area contributed by atoms with Gasteiger partial charge in [0.2, 0.25) is 5.95 Å². The Labute approximate surface area is 187 Å². The van der Waals surface area contributed by atoms with Crippen LogP contribution in [0.4, 0.5) is 10.3 Å². The van der Waals surface area contributed by atoms with Crippen molar-refractivity contribution >= 4 is 33.5 Å². The van der Waals surface area contributed by atoms with Crippen LogP contribution in [0.1, 0.15) is 30.9 Å². The quantitative estimate of drug-likeness (QED) is 0.413. The van der Waals surface area contributed by atoms with Gasteiger partial charge in [-0.15, -0.1) is 0 Å². The molecule has 7 nitrogen and oxygen atoms in total. The second-order valence-corrected chi connectivity index (χ2v) is 7.83. The summed E-state index contributed by atoms with van der Waals surface area (Å²) in [5.74, 6) is 1.32. The number of anilines is 1. The molecule has 1 heterocycles. The highest BCUT2D eigenvalue weighted by Gasteiger charge is 2.14. The normalized spacial score (nSPS) is 10.8. The highest BCUT2D eigenvalue weighted by molar-refractivity contribution is 9.10. The molecule has 0 saturated carbocycles. The molecule has 0 unspecified atom stereocenters. The van der Waals surface area contributed by atoms with E-state index in [-0.39, 0.29) is 12.4 Å². The molecule has 0 fully saturated rings. The summed E-state index contributed by atoms with van der Waals surface area (Å²) in [6.45, 7) is 3.57. The molecular weight excluding hydrogens is 477 g/mol. The molecule has 0 atom stereocenters. The van der Waals surface area contributed by atoms with Crippen molar-refractivity contribution in [1.29, 1.82) is 0 Å². The predicted octanol–water partition coefficient (Wildman–Crippen LogP) is 5.23. The molecule has 0 aliphatic heterocycles. The van der Waals surface area contributed by atoms with Crippen molar-refractivity contribution in [2.75, 3.05) is 12.4 Å². The molecule has 0 radical (unpaired) electrons. The van der Waals surface area contributed by atoms with Crippen LogP contribution < -0.4 is 14.8 Å². The maximum atomic E-state index is 13.2. The summed E-state index contributed by atoms with van der Waals surface area (Å²) in [5, 5.41) is 15.3. The van der Waals surface area contributed by atoms with Crippen molar-refractivity contribution < 1.29 is 13.9 Å². The van der Waals surface area contributed by atoms with Crippen LogP contribution in [0.25, 0.3) is 0 Å². The number of hydrogen-bond donors (Lipinski definition) is 1. The van der Waals surface area contributed by atoms with Crippen molar-refractivity contribution in [1.82, 2.24) is 20.2 Å². The highest BCUT2D eigenvalue weighted by Crippen LogP contribution is 2.37. The van der Waals surface area contributed by atoms with Crippen LogP contribution in [0.3, 0.4) is 0 Å². The Balaban J connectivity index is 1.70. The number of rotatable bonds is 10. The number of aryl methyl sites for hydroxylation is 1. The summed E-state index contributed by atoms with van der Waals surface area (Å²) >= 11 is 9.62. The summed E-state index contributed by atoms with van der Waals surface area (Å²) in [5.41, 5.74) is 1.63. The van der Waals surface area contributed by atoms with E-state index in [2.05, 4.69) is 43.7 Å². The van der Waals surface area contributed by atoms with Gasteiger partial charge >= 0.3 is 0 Å². The van der Waals surface area contributed by atoms with E-state index in [1.54, 1.807) is 17.9 Å². The van der Waals surface area contributed by atoms with Gasteiger partial charge in [-0.1, -0.05) is 36.1 Å². The van der Waals surface area contributed by atoms with Crippen LogP contribution >= 0.6 is 27.5 Å². The van der Waals surface area contributed by atoms with Gasteiger partial charge in [0.05, 0.1) is 16.6 Å². The largest absolute Gasteiger partial charge is 0.493 e. The molecule has 0 bridgehead atoms. The van der Waals surface area contributed by atoms with E-state index in [1.807, 2.05) is 12.1 Å². The number of benzene rings is 2. The fraction of sp³-hybridized carbons (Fsp3) is 0.350. The zero-order valence-corrected chi connectivity index (χ0v) is 19.0. The Bertz CT molecular complexity index is 1000. The summed E-state index contributed by atoms with van der Waals surface area (Å²) in [7, 11) is 1.57. The molecule has 2 aromatic carbocycles. The topological polar surface area (TPSA) is 74.1 Å². The first-order valence-electron chi connectivity index (χ1n) is 9.45. The van der Waals surface area contributed by atoms with Crippen LogP contribution in [0.15, 0.2) is 34.8 Å². The van der Waals surface area contributed by atoms with Crippen molar-refractivity contribution in [2.45, 2.75) is 39.5 Å². The van der Waals surface area contributed by atoms with Crippen LogP contribution in [-0.4, -0.2) is 27.3 Å². The number of tetrazole rings is 1. The number of methoxy groups -OCH3 is 1. The van der Waals surface area contributed by atoms with Crippen molar-refractivity contribution in [3.8, 4) is 11.5 Å². The van der Waals surface area contributed by atoms with Crippen LogP contribution in [0.2, 0.25) is 5.02 Å². The maximum Gasteiger partial charge on any atom is 0.243 e. The third-order valence-corrected chi connectivity index (χ3v) is 5.32. The molecule has 10 heteroatoms. The van der Waals surface area contributed by atoms with E-state index < -0.39 is 0 Å². The van der Waals surface area contributed by atoms with Gasteiger partial charge in [-0.25, -0.2) is 9.07 Å². The van der Waals surface area contributed by atoms with Crippen LogP contribution in [0, 0.1) is 5.82 Å². The standard InChI is InChI=1S/C20H22BrClFN5O2/c1-3-4-7-28-20(25-26-27-28)24-11-13-8-16(21)19(18(9-13)29-2)30-12-14-5-6-15(23)10-17(14)22/h5-6,8-10H,3-4,7,11-12H2,1-2H3,(H,24,25,27). The number of unbranched alkanes of at least 4 members (excludes halogenated alkanes) is 1. The van der Waals surface area contributed by atoms with Gasteiger partial charge in [-0.3, -0.25) is 0 Å². The smallest absolute Gasteiger partial charge is 0.243 e. The molecule has 0 amide bonds. The van der Waals surface area contributed by atoms with Gasteiger partial charge in [-0.2, -0.15) is 0 Å². The Morgan fingerprint density at radius 3 is 2.83 bits per heavy atom. The molecule has 0 aliphatic carbocycles. The van der Waals surface area contributed by atoms with Gasteiger partial charge < -0.3 is 14.8 Å². The zero-order chi connectivity index (χ0) is 21.5. The molecule has 160 valence electrons. The molecule has 1 aromatic heterocycles. The lowest BCUT2D eigenvalue weighted by molar-refractivity contribution is 0.282. The summed E-state index contributed by atoms with van der Waals surface area (Å²) in [4.78, 5) is 0. The van der Waals surface area contributed by atoms with Gasteiger partial charge in [-0.05, 0) is 62.6 Å². The maximum absolute atomic E-state index is 13.2. The Morgan fingerprint density at radius 2 is 2.10 bits per heavy atom. The van der Waals surface area contributed by atoms with E-state index in [4.69, 9.17) is 21.1 Å².